The number of ether oxygens (including phenoxy) is 1. The molecular weight excluding hydrogens is 364 g/mol. The molecule has 0 saturated carbocycles. The lowest BCUT2D eigenvalue weighted by atomic mass is 9.96. The number of nitrogens with zero attached hydrogens (tertiary/aromatic N) is 2. The number of sulfonamides is 1. The van der Waals surface area contributed by atoms with Gasteiger partial charge >= 0.3 is 0 Å². The maximum Gasteiger partial charge on any atom is 0.244 e. The lowest BCUT2D eigenvalue weighted by Gasteiger charge is -2.29. The molecule has 2 heterocycles. The van der Waals surface area contributed by atoms with Crippen molar-refractivity contribution in [2.45, 2.75) is 24.3 Å². The van der Waals surface area contributed by atoms with E-state index in [0.717, 1.165) is 13.0 Å². The molecule has 2 N–H and O–H groups in total. The number of piperidine rings is 1. The largest absolute Gasteiger partial charge is 0.494 e. The number of hydrogen-bond acceptors (Lipinski definition) is 5. The summed E-state index contributed by atoms with van der Waals surface area (Å²) in [5, 5.41) is 7.40. The maximum absolute atomic E-state index is 12.6. The topological polar surface area (TPSA) is 85.2 Å². The third-order valence-corrected chi connectivity index (χ3v) is 5.78. The summed E-state index contributed by atoms with van der Waals surface area (Å²) in [5.74, 6) is 0.924. The highest BCUT2D eigenvalue weighted by Gasteiger charge is 2.27. The lowest BCUT2D eigenvalue weighted by molar-refractivity contribution is 0.327. The Labute approximate surface area is 154 Å². The molecule has 25 heavy (non-hydrogen) atoms. The van der Waals surface area contributed by atoms with Crippen molar-refractivity contribution in [3.8, 4) is 11.4 Å². The molecule has 2 aromatic rings. The van der Waals surface area contributed by atoms with E-state index in [-0.39, 0.29) is 23.3 Å². The van der Waals surface area contributed by atoms with Crippen molar-refractivity contribution in [2.75, 3.05) is 20.2 Å². The average molecular weight is 387 g/mol. The van der Waals surface area contributed by atoms with Gasteiger partial charge in [0.05, 0.1) is 19.5 Å². The van der Waals surface area contributed by atoms with E-state index >= 15 is 0 Å². The molecule has 2 atom stereocenters. The van der Waals surface area contributed by atoms with Crippen LogP contribution in [0.15, 0.2) is 41.6 Å². The van der Waals surface area contributed by atoms with Crippen molar-refractivity contribution in [1.29, 1.82) is 0 Å². The fourth-order valence-electron chi connectivity index (χ4n) is 2.81. The molecular formula is C16H23ClN4O3S. The SMILES string of the molecule is COc1ccccc1-n1cc(S(=O)(=O)NC2CNCCC2C)cn1.Cl. The summed E-state index contributed by atoms with van der Waals surface area (Å²) in [7, 11) is -2.05. The van der Waals surface area contributed by atoms with Crippen LogP contribution >= 0.6 is 12.4 Å². The maximum atomic E-state index is 12.6. The molecule has 1 fully saturated rings. The smallest absolute Gasteiger partial charge is 0.244 e. The van der Waals surface area contributed by atoms with E-state index in [1.807, 2.05) is 18.2 Å². The van der Waals surface area contributed by atoms with Gasteiger partial charge in [-0.05, 0) is 31.0 Å². The van der Waals surface area contributed by atoms with E-state index in [1.165, 1.54) is 17.1 Å². The van der Waals surface area contributed by atoms with Gasteiger partial charge in [0.15, 0.2) is 0 Å². The summed E-state index contributed by atoms with van der Waals surface area (Å²) in [6.07, 6.45) is 3.81. The molecule has 1 aliphatic heterocycles. The van der Waals surface area contributed by atoms with Crippen LogP contribution < -0.4 is 14.8 Å². The molecule has 1 aromatic carbocycles. The molecule has 1 saturated heterocycles. The molecule has 3 rings (SSSR count). The van der Waals surface area contributed by atoms with Gasteiger partial charge in [-0.3, -0.25) is 0 Å². The zero-order valence-electron chi connectivity index (χ0n) is 14.2. The molecule has 138 valence electrons. The van der Waals surface area contributed by atoms with Gasteiger partial charge < -0.3 is 10.1 Å². The van der Waals surface area contributed by atoms with Gasteiger partial charge in [-0.2, -0.15) is 5.10 Å². The molecule has 2 unspecified atom stereocenters. The minimum absolute atomic E-state index is 0. The average Bonchev–Trinajstić information content (AvgIpc) is 3.07. The summed E-state index contributed by atoms with van der Waals surface area (Å²) >= 11 is 0. The Morgan fingerprint density at radius 3 is 2.84 bits per heavy atom. The zero-order valence-corrected chi connectivity index (χ0v) is 15.8. The number of hydrogen-bond donors (Lipinski definition) is 2. The normalized spacial score (nSPS) is 20.7. The summed E-state index contributed by atoms with van der Waals surface area (Å²) in [6.45, 7) is 3.62. The van der Waals surface area contributed by atoms with Gasteiger partial charge in [0.1, 0.15) is 16.3 Å². The summed E-state index contributed by atoms with van der Waals surface area (Å²) in [5.41, 5.74) is 0.689. The quantitative estimate of drug-likeness (QED) is 0.814. The van der Waals surface area contributed by atoms with E-state index in [4.69, 9.17) is 4.74 Å². The van der Waals surface area contributed by atoms with E-state index in [1.54, 1.807) is 13.2 Å². The van der Waals surface area contributed by atoms with Gasteiger partial charge in [0.25, 0.3) is 0 Å². The first-order valence-corrected chi connectivity index (χ1v) is 9.40. The lowest BCUT2D eigenvalue weighted by Crippen LogP contribution is -2.50. The Kier molecular flexibility index (Phi) is 6.45. The molecule has 7 nitrogen and oxygen atoms in total. The number of methoxy groups -OCH3 is 1. The van der Waals surface area contributed by atoms with Gasteiger partial charge in [0.2, 0.25) is 10.0 Å². The van der Waals surface area contributed by atoms with Gasteiger partial charge in [-0.15, -0.1) is 12.4 Å². The Morgan fingerprint density at radius 2 is 2.12 bits per heavy atom. The van der Waals surface area contributed by atoms with Gasteiger partial charge in [-0.25, -0.2) is 17.8 Å². The highest BCUT2D eigenvalue weighted by Crippen LogP contribution is 2.23. The number of benzene rings is 1. The van der Waals surface area contributed by atoms with Crippen molar-refractivity contribution < 1.29 is 13.2 Å². The number of para-hydroxylation sites is 2. The fourth-order valence-corrected chi connectivity index (χ4v) is 4.09. The Morgan fingerprint density at radius 1 is 1.36 bits per heavy atom. The van der Waals surface area contributed by atoms with Crippen LogP contribution in [0.25, 0.3) is 5.69 Å². The van der Waals surface area contributed by atoms with Crippen LogP contribution in [-0.2, 0) is 10.0 Å². The predicted molar refractivity (Wildman–Crippen MR) is 98.1 cm³/mol. The van der Waals surface area contributed by atoms with Crippen LogP contribution in [0.4, 0.5) is 0 Å². The van der Waals surface area contributed by atoms with Crippen molar-refractivity contribution >= 4 is 22.4 Å². The molecule has 9 heteroatoms. The van der Waals surface area contributed by atoms with E-state index in [0.29, 0.717) is 23.9 Å². The first kappa shape index (κ1) is 19.7. The summed E-state index contributed by atoms with van der Waals surface area (Å²) < 4.78 is 34.8. The Balaban J connectivity index is 0.00000225. The molecule has 0 aliphatic carbocycles. The highest BCUT2D eigenvalue weighted by atomic mass is 35.5. The van der Waals surface area contributed by atoms with Crippen molar-refractivity contribution in [2.24, 2.45) is 5.92 Å². The first-order valence-electron chi connectivity index (χ1n) is 7.92. The summed E-state index contributed by atoms with van der Waals surface area (Å²) in [6, 6.07) is 7.21. The molecule has 1 aromatic heterocycles. The second-order valence-corrected chi connectivity index (χ2v) is 7.70. The number of aromatic nitrogens is 2. The minimum Gasteiger partial charge on any atom is -0.494 e. The van der Waals surface area contributed by atoms with Gasteiger partial charge in [-0.1, -0.05) is 19.1 Å². The van der Waals surface area contributed by atoms with Crippen molar-refractivity contribution in [3.63, 3.8) is 0 Å². The second kappa shape index (κ2) is 8.18. The molecule has 0 amide bonds. The highest BCUT2D eigenvalue weighted by molar-refractivity contribution is 7.89. The van der Waals surface area contributed by atoms with Crippen LogP contribution in [0.3, 0.4) is 0 Å². The van der Waals surface area contributed by atoms with Crippen molar-refractivity contribution in [3.05, 3.63) is 36.7 Å². The third-order valence-electron chi connectivity index (χ3n) is 4.34. The van der Waals surface area contributed by atoms with Crippen LogP contribution in [0.2, 0.25) is 0 Å². The van der Waals surface area contributed by atoms with Gasteiger partial charge in [0, 0.05) is 12.6 Å². The molecule has 1 aliphatic rings. The number of nitrogens with one attached hydrogen (secondary N) is 2. The number of halogens is 1. The molecule has 0 spiro atoms. The molecule has 0 radical (unpaired) electrons. The summed E-state index contributed by atoms with van der Waals surface area (Å²) in [4.78, 5) is 0.145. The van der Waals surface area contributed by atoms with E-state index in [9.17, 15) is 8.42 Å². The van der Waals surface area contributed by atoms with Crippen LogP contribution in [0.5, 0.6) is 5.75 Å². The second-order valence-electron chi connectivity index (χ2n) is 5.99. The van der Waals surface area contributed by atoms with Crippen molar-refractivity contribution in [1.82, 2.24) is 19.8 Å². The number of rotatable bonds is 5. The molecule has 0 bridgehead atoms. The minimum atomic E-state index is -3.61. The van der Waals surface area contributed by atoms with Crippen LogP contribution in [-0.4, -0.2) is 44.4 Å². The Hall–Kier alpha value is -1.61. The van der Waals surface area contributed by atoms with Crippen LogP contribution in [0, 0.1) is 5.92 Å². The van der Waals surface area contributed by atoms with E-state index in [2.05, 4.69) is 22.1 Å². The third kappa shape index (κ3) is 4.33. The van der Waals surface area contributed by atoms with Crippen LogP contribution in [0.1, 0.15) is 13.3 Å². The standard InChI is InChI=1S/C16H22N4O3S.ClH/c1-12-7-8-17-10-14(12)19-24(21,22)13-9-18-20(11-13)15-5-3-4-6-16(15)23-2;/h3-6,9,11-12,14,17,19H,7-8,10H2,1-2H3;1H. The zero-order chi connectivity index (χ0) is 17.2. The predicted octanol–water partition coefficient (Wildman–Crippen LogP) is 1.58. The Bertz CT molecular complexity index is 809. The monoisotopic (exact) mass is 386 g/mol. The first-order chi connectivity index (χ1) is 11.5. The fraction of sp³-hybridized carbons (Fsp3) is 0.438. The van der Waals surface area contributed by atoms with E-state index < -0.39 is 10.0 Å².